The van der Waals surface area contributed by atoms with E-state index in [1.807, 2.05) is 12.5 Å². The van der Waals surface area contributed by atoms with E-state index in [2.05, 4.69) is 31.7 Å². The van der Waals surface area contributed by atoms with Crippen LogP contribution in [0, 0.1) is 0 Å². The van der Waals surface area contributed by atoms with Crippen LogP contribution in [-0.4, -0.2) is 22.6 Å². The molecule has 0 bridgehead atoms. The van der Waals surface area contributed by atoms with E-state index >= 15 is 0 Å². The van der Waals surface area contributed by atoms with Gasteiger partial charge in [-0.2, -0.15) is 11.3 Å². The van der Waals surface area contributed by atoms with Crippen molar-refractivity contribution in [1.82, 2.24) is 14.9 Å². The number of hydrogen-bond acceptors (Lipinski definition) is 3. The van der Waals surface area contributed by atoms with Crippen LogP contribution >= 0.6 is 11.3 Å². The molecular weight excluding hydrogens is 218 g/mol. The molecule has 0 aliphatic carbocycles. The molecule has 1 atom stereocenters. The maximum atomic E-state index is 4.29. The number of aromatic nitrogens is 2. The molecule has 0 radical (unpaired) electrons. The quantitative estimate of drug-likeness (QED) is 0.879. The first-order valence-electron chi connectivity index (χ1n) is 5.65. The van der Waals surface area contributed by atoms with Crippen LogP contribution in [0.1, 0.15) is 23.6 Å². The number of hydrogen-bond donors (Lipinski definition) is 1. The van der Waals surface area contributed by atoms with Crippen molar-refractivity contribution < 1.29 is 0 Å². The highest BCUT2D eigenvalue weighted by Crippen LogP contribution is 2.22. The first kappa shape index (κ1) is 10.1. The number of nitrogens with zero attached hydrogens (tertiary/aromatic N) is 2. The lowest BCUT2D eigenvalue weighted by Crippen LogP contribution is -2.11. The van der Waals surface area contributed by atoms with E-state index in [9.17, 15) is 0 Å². The van der Waals surface area contributed by atoms with Gasteiger partial charge in [0.05, 0.1) is 6.33 Å². The lowest BCUT2D eigenvalue weighted by molar-refractivity contribution is 0.655. The highest BCUT2D eigenvalue weighted by molar-refractivity contribution is 7.07. The van der Waals surface area contributed by atoms with E-state index in [-0.39, 0.29) is 0 Å². The first-order chi connectivity index (χ1) is 7.93. The number of imidazole rings is 1. The van der Waals surface area contributed by atoms with Gasteiger partial charge in [-0.05, 0) is 35.4 Å². The Morgan fingerprint density at radius 1 is 1.56 bits per heavy atom. The summed E-state index contributed by atoms with van der Waals surface area (Å²) in [6.45, 7) is 3.18. The molecule has 0 saturated carbocycles. The number of nitrogens with one attached hydrogen (secondary N) is 1. The Hall–Kier alpha value is -1.13. The summed E-state index contributed by atoms with van der Waals surface area (Å²) in [5.74, 6) is 0.640. The molecule has 1 saturated heterocycles. The van der Waals surface area contributed by atoms with Crippen molar-refractivity contribution >= 4 is 11.3 Å². The van der Waals surface area contributed by atoms with Gasteiger partial charge >= 0.3 is 0 Å². The molecular formula is C12H15N3S. The Morgan fingerprint density at radius 3 is 3.31 bits per heavy atom. The van der Waals surface area contributed by atoms with Gasteiger partial charge in [-0.15, -0.1) is 0 Å². The van der Waals surface area contributed by atoms with E-state index in [0.29, 0.717) is 5.92 Å². The zero-order valence-corrected chi connectivity index (χ0v) is 9.91. The van der Waals surface area contributed by atoms with Crippen molar-refractivity contribution in [3.05, 3.63) is 40.6 Å². The summed E-state index contributed by atoms with van der Waals surface area (Å²) < 4.78 is 2.28. The smallest absolute Gasteiger partial charge is 0.0951 e. The van der Waals surface area contributed by atoms with E-state index in [1.165, 1.54) is 17.7 Å². The van der Waals surface area contributed by atoms with E-state index < -0.39 is 0 Å². The highest BCUT2D eigenvalue weighted by atomic mass is 32.1. The molecule has 1 fully saturated rings. The standard InChI is InChI=1S/C12H15N3S/c1-3-13-5-11(1)12-6-14-9-15(12)7-10-2-4-16-8-10/h2,4,6,8-9,11,13H,1,3,5,7H2. The third-order valence-electron chi connectivity index (χ3n) is 3.16. The van der Waals surface area contributed by atoms with Crippen LogP contribution in [0.4, 0.5) is 0 Å². The average molecular weight is 233 g/mol. The molecule has 0 aromatic carbocycles. The van der Waals surface area contributed by atoms with Gasteiger partial charge < -0.3 is 9.88 Å². The van der Waals surface area contributed by atoms with Gasteiger partial charge in [-0.25, -0.2) is 4.98 Å². The molecule has 2 aromatic heterocycles. The lowest BCUT2D eigenvalue weighted by Gasteiger charge is -2.11. The number of rotatable bonds is 3. The molecule has 84 valence electrons. The SMILES string of the molecule is c1cc(Cn2cncc2C2CCNC2)cs1. The highest BCUT2D eigenvalue weighted by Gasteiger charge is 2.19. The minimum Gasteiger partial charge on any atom is -0.330 e. The Morgan fingerprint density at radius 2 is 2.56 bits per heavy atom. The average Bonchev–Trinajstić information content (AvgIpc) is 2.98. The third-order valence-corrected chi connectivity index (χ3v) is 3.89. The second kappa shape index (κ2) is 4.39. The molecule has 16 heavy (non-hydrogen) atoms. The largest absolute Gasteiger partial charge is 0.330 e. The van der Waals surface area contributed by atoms with Crippen LogP contribution in [0.3, 0.4) is 0 Å². The second-order valence-corrected chi connectivity index (χ2v) is 5.05. The van der Waals surface area contributed by atoms with Crippen molar-refractivity contribution in [3.8, 4) is 0 Å². The van der Waals surface area contributed by atoms with Crippen molar-refractivity contribution in [2.75, 3.05) is 13.1 Å². The summed E-state index contributed by atoms with van der Waals surface area (Å²) in [6.07, 6.45) is 5.20. The molecule has 3 rings (SSSR count). The van der Waals surface area contributed by atoms with Crippen LogP contribution in [0.25, 0.3) is 0 Å². The normalized spacial score (nSPS) is 20.4. The molecule has 3 heterocycles. The maximum absolute atomic E-state index is 4.29. The Labute approximate surface area is 99.1 Å². The van der Waals surface area contributed by atoms with Gasteiger partial charge in [0.15, 0.2) is 0 Å². The Bertz CT molecular complexity index is 441. The molecule has 0 amide bonds. The number of thiophene rings is 1. The van der Waals surface area contributed by atoms with E-state index in [0.717, 1.165) is 19.6 Å². The summed E-state index contributed by atoms with van der Waals surface area (Å²) in [5, 5.41) is 7.74. The van der Waals surface area contributed by atoms with Crippen molar-refractivity contribution in [1.29, 1.82) is 0 Å². The zero-order valence-electron chi connectivity index (χ0n) is 9.10. The summed E-state index contributed by atoms with van der Waals surface area (Å²) in [4.78, 5) is 4.29. The predicted molar refractivity (Wildman–Crippen MR) is 65.9 cm³/mol. The van der Waals surface area contributed by atoms with Crippen molar-refractivity contribution in [3.63, 3.8) is 0 Å². The minimum absolute atomic E-state index is 0.640. The summed E-state index contributed by atoms with van der Waals surface area (Å²) in [5.41, 5.74) is 2.74. The van der Waals surface area contributed by atoms with Crippen LogP contribution in [-0.2, 0) is 6.54 Å². The third kappa shape index (κ3) is 1.90. The van der Waals surface area contributed by atoms with Gasteiger partial charge in [-0.1, -0.05) is 0 Å². The van der Waals surface area contributed by atoms with Crippen LogP contribution in [0.15, 0.2) is 29.4 Å². The predicted octanol–water partition coefficient (Wildman–Crippen LogP) is 2.07. The van der Waals surface area contributed by atoms with Gasteiger partial charge in [0, 0.05) is 30.9 Å². The first-order valence-corrected chi connectivity index (χ1v) is 6.59. The van der Waals surface area contributed by atoms with Crippen molar-refractivity contribution in [2.45, 2.75) is 18.9 Å². The summed E-state index contributed by atoms with van der Waals surface area (Å²) in [6, 6.07) is 2.18. The fraction of sp³-hybridized carbons (Fsp3) is 0.417. The molecule has 2 aromatic rings. The maximum Gasteiger partial charge on any atom is 0.0951 e. The Kier molecular flexibility index (Phi) is 2.76. The van der Waals surface area contributed by atoms with Gasteiger partial charge in [0.25, 0.3) is 0 Å². The fourth-order valence-electron chi connectivity index (χ4n) is 2.29. The molecule has 1 N–H and O–H groups in total. The topological polar surface area (TPSA) is 29.9 Å². The summed E-state index contributed by atoms with van der Waals surface area (Å²) >= 11 is 1.75. The second-order valence-electron chi connectivity index (χ2n) is 4.27. The van der Waals surface area contributed by atoms with E-state index in [1.54, 1.807) is 11.3 Å². The molecule has 1 aliphatic rings. The molecule has 1 aliphatic heterocycles. The van der Waals surface area contributed by atoms with E-state index in [4.69, 9.17) is 0 Å². The van der Waals surface area contributed by atoms with Gasteiger partial charge in [-0.3, -0.25) is 0 Å². The minimum atomic E-state index is 0.640. The van der Waals surface area contributed by atoms with Crippen LogP contribution < -0.4 is 5.32 Å². The van der Waals surface area contributed by atoms with Gasteiger partial charge in [0.1, 0.15) is 0 Å². The van der Waals surface area contributed by atoms with Crippen molar-refractivity contribution in [2.24, 2.45) is 0 Å². The lowest BCUT2D eigenvalue weighted by atomic mass is 10.1. The monoisotopic (exact) mass is 233 g/mol. The Balaban J connectivity index is 1.82. The molecule has 0 spiro atoms. The molecule has 4 heteroatoms. The molecule has 1 unspecified atom stereocenters. The van der Waals surface area contributed by atoms with Crippen LogP contribution in [0.2, 0.25) is 0 Å². The summed E-state index contributed by atoms with van der Waals surface area (Å²) in [7, 11) is 0. The van der Waals surface area contributed by atoms with Gasteiger partial charge in [0.2, 0.25) is 0 Å². The fourth-order valence-corrected chi connectivity index (χ4v) is 2.95. The molecule has 3 nitrogen and oxygen atoms in total. The zero-order chi connectivity index (χ0) is 10.8. The van der Waals surface area contributed by atoms with Crippen LogP contribution in [0.5, 0.6) is 0 Å².